The number of nitrogens with one attached hydrogen (secondary N) is 1. The molecule has 5 heteroatoms. The smallest absolute Gasteiger partial charge is 0.340 e. The Bertz CT molecular complexity index is 714. The molecule has 0 radical (unpaired) electrons. The number of carbonyl (C=O) groups excluding carboxylic acids is 2. The number of amides is 2. The van der Waals surface area contributed by atoms with Crippen LogP contribution in [0.2, 0.25) is 0 Å². The van der Waals surface area contributed by atoms with Gasteiger partial charge < -0.3 is 15.0 Å². The van der Waals surface area contributed by atoms with Crippen molar-refractivity contribution in [2.45, 2.75) is 33.4 Å². The summed E-state index contributed by atoms with van der Waals surface area (Å²) in [7, 11) is 0. The third kappa shape index (κ3) is 5.08. The molecule has 0 bridgehead atoms. The van der Waals surface area contributed by atoms with Crippen LogP contribution in [0, 0.1) is 0 Å². The molecule has 132 valence electrons. The number of carbonyl (C=O) groups is 2. The first kappa shape index (κ1) is 18.5. The summed E-state index contributed by atoms with van der Waals surface area (Å²) in [5.74, 6) is -0.447. The summed E-state index contributed by atoms with van der Waals surface area (Å²) in [6, 6.07) is 16.4. The van der Waals surface area contributed by atoms with E-state index < -0.39 is 5.97 Å². The van der Waals surface area contributed by atoms with Crippen molar-refractivity contribution in [2.24, 2.45) is 0 Å². The zero-order valence-electron chi connectivity index (χ0n) is 14.9. The lowest BCUT2D eigenvalue weighted by Crippen LogP contribution is -2.39. The second-order valence-electron chi connectivity index (χ2n) is 5.90. The SMILES string of the molecule is CCOC(=O)c1ccccc1NC(=O)N(Cc1ccccc1)C(C)C. The van der Waals surface area contributed by atoms with Crippen molar-refractivity contribution >= 4 is 17.7 Å². The molecule has 0 heterocycles. The Morgan fingerprint density at radius 3 is 2.32 bits per heavy atom. The molecule has 0 aliphatic rings. The minimum absolute atomic E-state index is 0.00922. The number of hydrogen-bond donors (Lipinski definition) is 1. The molecule has 0 saturated heterocycles. The zero-order chi connectivity index (χ0) is 18.2. The predicted octanol–water partition coefficient (Wildman–Crippen LogP) is 4.31. The minimum Gasteiger partial charge on any atom is -0.462 e. The first-order valence-electron chi connectivity index (χ1n) is 8.40. The van der Waals surface area contributed by atoms with Gasteiger partial charge in [0.15, 0.2) is 0 Å². The number of esters is 1. The van der Waals surface area contributed by atoms with Crippen molar-refractivity contribution in [2.75, 3.05) is 11.9 Å². The Balaban J connectivity index is 2.17. The average Bonchev–Trinajstić information content (AvgIpc) is 2.61. The number of ether oxygens (including phenoxy) is 1. The third-order valence-electron chi connectivity index (χ3n) is 3.74. The highest BCUT2D eigenvalue weighted by Crippen LogP contribution is 2.18. The Morgan fingerprint density at radius 2 is 1.68 bits per heavy atom. The van der Waals surface area contributed by atoms with Gasteiger partial charge in [0.1, 0.15) is 0 Å². The van der Waals surface area contributed by atoms with Crippen LogP contribution in [0.5, 0.6) is 0 Å². The molecule has 0 unspecified atom stereocenters. The lowest BCUT2D eigenvalue weighted by Gasteiger charge is -2.27. The standard InChI is InChI=1S/C20H24N2O3/c1-4-25-19(23)17-12-8-9-13-18(17)21-20(24)22(15(2)3)14-16-10-6-5-7-11-16/h5-13,15H,4,14H2,1-3H3,(H,21,24). The van der Waals surface area contributed by atoms with E-state index >= 15 is 0 Å². The second kappa shape index (κ2) is 8.87. The van der Waals surface area contributed by atoms with Gasteiger partial charge in [0.05, 0.1) is 17.9 Å². The summed E-state index contributed by atoms with van der Waals surface area (Å²) in [4.78, 5) is 26.5. The molecule has 0 atom stereocenters. The fraction of sp³-hybridized carbons (Fsp3) is 0.300. The highest BCUT2D eigenvalue weighted by Gasteiger charge is 2.20. The molecule has 2 rings (SSSR count). The topological polar surface area (TPSA) is 58.6 Å². The molecular weight excluding hydrogens is 316 g/mol. The molecule has 0 aliphatic carbocycles. The van der Waals surface area contributed by atoms with Crippen molar-refractivity contribution in [3.63, 3.8) is 0 Å². The quantitative estimate of drug-likeness (QED) is 0.797. The van der Waals surface area contributed by atoms with E-state index in [1.807, 2.05) is 44.2 Å². The second-order valence-corrected chi connectivity index (χ2v) is 5.90. The fourth-order valence-electron chi connectivity index (χ4n) is 2.43. The minimum atomic E-state index is -0.447. The van der Waals surface area contributed by atoms with Gasteiger partial charge in [-0.2, -0.15) is 0 Å². The highest BCUT2D eigenvalue weighted by atomic mass is 16.5. The lowest BCUT2D eigenvalue weighted by molar-refractivity contribution is 0.0527. The van der Waals surface area contributed by atoms with E-state index in [9.17, 15) is 9.59 Å². The largest absolute Gasteiger partial charge is 0.462 e. The molecule has 2 aromatic carbocycles. The Kier molecular flexibility index (Phi) is 6.57. The van der Waals surface area contributed by atoms with Crippen LogP contribution in [0.15, 0.2) is 54.6 Å². The van der Waals surface area contributed by atoms with Crippen molar-refractivity contribution in [3.8, 4) is 0 Å². The first-order chi connectivity index (χ1) is 12.0. The maximum Gasteiger partial charge on any atom is 0.340 e. The van der Waals surface area contributed by atoms with Crippen molar-refractivity contribution in [1.82, 2.24) is 4.90 Å². The van der Waals surface area contributed by atoms with Crippen LogP contribution < -0.4 is 5.32 Å². The summed E-state index contributed by atoms with van der Waals surface area (Å²) in [5, 5.41) is 2.84. The van der Waals surface area contributed by atoms with E-state index in [4.69, 9.17) is 4.74 Å². The third-order valence-corrected chi connectivity index (χ3v) is 3.74. The zero-order valence-corrected chi connectivity index (χ0v) is 14.9. The van der Waals surface area contributed by atoms with Crippen LogP contribution in [-0.4, -0.2) is 29.5 Å². The molecular formula is C20H24N2O3. The Hall–Kier alpha value is -2.82. The molecule has 0 fully saturated rings. The van der Waals surface area contributed by atoms with Gasteiger partial charge in [-0.05, 0) is 38.5 Å². The summed E-state index contributed by atoms with van der Waals surface area (Å²) in [6.45, 7) is 6.44. The lowest BCUT2D eigenvalue weighted by atomic mass is 10.1. The monoisotopic (exact) mass is 340 g/mol. The van der Waals surface area contributed by atoms with E-state index in [0.717, 1.165) is 5.56 Å². The number of urea groups is 1. The van der Waals surface area contributed by atoms with Gasteiger partial charge in [-0.1, -0.05) is 42.5 Å². The van der Waals surface area contributed by atoms with Gasteiger partial charge in [-0.25, -0.2) is 9.59 Å². The van der Waals surface area contributed by atoms with Gasteiger partial charge in [-0.3, -0.25) is 0 Å². The van der Waals surface area contributed by atoms with Crippen LogP contribution in [0.1, 0.15) is 36.7 Å². The number of benzene rings is 2. The summed E-state index contributed by atoms with van der Waals surface area (Å²) < 4.78 is 5.05. The molecule has 0 spiro atoms. The van der Waals surface area contributed by atoms with Crippen molar-refractivity contribution in [3.05, 3.63) is 65.7 Å². The van der Waals surface area contributed by atoms with Gasteiger partial charge in [0.25, 0.3) is 0 Å². The molecule has 5 nitrogen and oxygen atoms in total. The molecule has 2 amide bonds. The maximum atomic E-state index is 12.8. The number of hydrogen-bond acceptors (Lipinski definition) is 3. The molecule has 1 N–H and O–H groups in total. The Labute approximate surface area is 148 Å². The van der Waals surface area contributed by atoms with Crippen LogP contribution in [0.4, 0.5) is 10.5 Å². The van der Waals surface area contributed by atoms with Crippen molar-refractivity contribution < 1.29 is 14.3 Å². The van der Waals surface area contributed by atoms with Crippen LogP contribution >= 0.6 is 0 Å². The van der Waals surface area contributed by atoms with E-state index in [0.29, 0.717) is 17.8 Å². The fourth-order valence-corrected chi connectivity index (χ4v) is 2.43. The molecule has 0 saturated carbocycles. The van der Waals surface area contributed by atoms with E-state index in [1.54, 1.807) is 36.1 Å². The first-order valence-corrected chi connectivity index (χ1v) is 8.40. The van der Waals surface area contributed by atoms with Crippen LogP contribution in [0.25, 0.3) is 0 Å². The number of para-hydroxylation sites is 1. The summed E-state index contributed by atoms with van der Waals surface area (Å²) in [5.41, 5.74) is 1.84. The van der Waals surface area contributed by atoms with Crippen molar-refractivity contribution in [1.29, 1.82) is 0 Å². The molecule has 0 aliphatic heterocycles. The van der Waals surface area contributed by atoms with E-state index in [-0.39, 0.29) is 18.7 Å². The number of rotatable bonds is 6. The molecule has 2 aromatic rings. The normalized spacial score (nSPS) is 10.4. The van der Waals surface area contributed by atoms with E-state index in [1.165, 1.54) is 0 Å². The van der Waals surface area contributed by atoms with Crippen LogP contribution in [0.3, 0.4) is 0 Å². The Morgan fingerprint density at radius 1 is 1.04 bits per heavy atom. The summed E-state index contributed by atoms with van der Waals surface area (Å²) >= 11 is 0. The van der Waals surface area contributed by atoms with Gasteiger partial charge in [-0.15, -0.1) is 0 Å². The highest BCUT2D eigenvalue weighted by molar-refractivity contribution is 6.00. The summed E-state index contributed by atoms with van der Waals surface area (Å²) in [6.07, 6.45) is 0. The predicted molar refractivity (Wildman–Crippen MR) is 98.5 cm³/mol. The van der Waals surface area contributed by atoms with Gasteiger partial charge in [0.2, 0.25) is 0 Å². The number of nitrogens with zero attached hydrogens (tertiary/aromatic N) is 1. The number of anilines is 1. The molecule has 0 aromatic heterocycles. The van der Waals surface area contributed by atoms with E-state index in [2.05, 4.69) is 5.32 Å². The van der Waals surface area contributed by atoms with Gasteiger partial charge >= 0.3 is 12.0 Å². The average molecular weight is 340 g/mol. The molecule has 25 heavy (non-hydrogen) atoms. The van der Waals surface area contributed by atoms with Crippen LogP contribution in [-0.2, 0) is 11.3 Å². The maximum absolute atomic E-state index is 12.8. The van der Waals surface area contributed by atoms with Gasteiger partial charge in [0, 0.05) is 12.6 Å².